The Hall–Kier alpha value is -2.48. The fraction of sp³-hybridized carbons (Fsp3) is 0.250. The molecular weight excluding hydrogens is 451 g/mol. The van der Waals surface area contributed by atoms with Gasteiger partial charge >= 0.3 is 0 Å². The summed E-state index contributed by atoms with van der Waals surface area (Å²) in [6, 6.07) is 16.5. The molecule has 166 valence electrons. The molecule has 0 aliphatic carbocycles. The number of hydrogen-bond acceptors (Lipinski definition) is 5. The molecule has 0 spiro atoms. The van der Waals surface area contributed by atoms with E-state index in [-0.39, 0.29) is 22.7 Å². The molecule has 8 heteroatoms. The normalized spacial score (nSPS) is 15.0. The van der Waals surface area contributed by atoms with Crippen molar-refractivity contribution in [3.05, 3.63) is 87.7 Å². The summed E-state index contributed by atoms with van der Waals surface area (Å²) in [5, 5.41) is 10.5. The maximum absolute atomic E-state index is 13.2. The molecule has 2 heterocycles. The van der Waals surface area contributed by atoms with E-state index in [1.165, 1.54) is 11.1 Å². The van der Waals surface area contributed by atoms with Crippen molar-refractivity contribution in [3.8, 4) is 11.1 Å². The number of ether oxygens (including phenoxy) is 2. The van der Waals surface area contributed by atoms with Crippen LogP contribution >= 0.6 is 23.2 Å². The van der Waals surface area contributed by atoms with Crippen LogP contribution in [0.1, 0.15) is 33.8 Å². The van der Waals surface area contributed by atoms with E-state index in [2.05, 4.69) is 4.98 Å². The molecule has 1 saturated heterocycles. The van der Waals surface area contributed by atoms with Crippen LogP contribution in [0.15, 0.2) is 60.8 Å². The quantitative estimate of drug-likeness (QED) is 0.516. The summed E-state index contributed by atoms with van der Waals surface area (Å²) < 4.78 is 11.0. The van der Waals surface area contributed by atoms with Gasteiger partial charge in [0.2, 0.25) is 0 Å². The van der Waals surface area contributed by atoms with Crippen molar-refractivity contribution in [1.29, 1.82) is 0 Å². The molecule has 0 bridgehead atoms. The predicted molar refractivity (Wildman–Crippen MR) is 123 cm³/mol. The molecule has 0 unspecified atom stereocenters. The lowest BCUT2D eigenvalue weighted by Crippen LogP contribution is -2.33. The molecule has 1 fully saturated rings. The van der Waals surface area contributed by atoms with Crippen molar-refractivity contribution in [3.63, 3.8) is 0 Å². The third kappa shape index (κ3) is 4.51. The van der Waals surface area contributed by atoms with Gasteiger partial charge in [-0.3, -0.25) is 4.79 Å². The molecule has 1 aromatic heterocycles. The number of nitrogens with zero attached hydrogens (tertiary/aromatic N) is 2. The molecule has 6 nitrogen and oxygen atoms in total. The lowest BCUT2D eigenvalue weighted by atomic mass is 10.0. The third-order valence-electron chi connectivity index (χ3n) is 5.45. The molecular formula is C24H22Cl2N2O4. The lowest BCUT2D eigenvalue weighted by Gasteiger charge is -2.28. The standard InChI is InChI=1S/C24H22Cl2N2O4/c1-28(23(30)17-9-7-16(8-10-17)15-5-3-2-4-6-15)19(14-29)18-13-27-22(26)20(21(18)25)24-31-11-12-32-24/h2-10,13,19,24,29H,11-12,14H2,1H3/t19-/m1/s1. The Morgan fingerprint density at radius 3 is 2.34 bits per heavy atom. The number of aliphatic hydroxyl groups excluding tert-OH is 1. The van der Waals surface area contributed by atoms with E-state index in [4.69, 9.17) is 32.7 Å². The first-order valence-corrected chi connectivity index (χ1v) is 10.9. The van der Waals surface area contributed by atoms with Crippen molar-refractivity contribution < 1.29 is 19.4 Å². The van der Waals surface area contributed by atoms with Gasteiger partial charge in [-0.05, 0) is 23.3 Å². The number of rotatable bonds is 6. The molecule has 0 radical (unpaired) electrons. The van der Waals surface area contributed by atoms with Gasteiger partial charge in [-0.2, -0.15) is 0 Å². The molecule has 1 amide bonds. The van der Waals surface area contributed by atoms with Crippen LogP contribution in [-0.4, -0.2) is 47.8 Å². The lowest BCUT2D eigenvalue weighted by molar-refractivity contribution is -0.0442. The second-order valence-corrected chi connectivity index (χ2v) is 8.10. The Morgan fingerprint density at radius 2 is 1.72 bits per heavy atom. The topological polar surface area (TPSA) is 71.9 Å². The van der Waals surface area contributed by atoms with Crippen LogP contribution in [0.2, 0.25) is 10.2 Å². The Labute approximate surface area is 196 Å². The molecule has 4 rings (SSSR count). The average molecular weight is 473 g/mol. The summed E-state index contributed by atoms with van der Waals surface area (Å²) >= 11 is 12.9. The Morgan fingerprint density at radius 1 is 1.09 bits per heavy atom. The van der Waals surface area contributed by atoms with E-state index in [9.17, 15) is 9.90 Å². The average Bonchev–Trinajstić information content (AvgIpc) is 3.35. The number of hydrogen-bond donors (Lipinski definition) is 1. The number of carbonyl (C=O) groups excluding carboxylic acids is 1. The van der Waals surface area contributed by atoms with Gasteiger partial charge in [-0.15, -0.1) is 0 Å². The maximum atomic E-state index is 13.2. The number of likely N-dealkylation sites (N-methyl/N-ethyl adjacent to an activating group) is 1. The highest BCUT2D eigenvalue weighted by molar-refractivity contribution is 6.35. The van der Waals surface area contributed by atoms with Crippen LogP contribution in [0, 0.1) is 0 Å². The highest BCUT2D eigenvalue weighted by Gasteiger charge is 2.31. The van der Waals surface area contributed by atoms with Crippen molar-refractivity contribution in [2.75, 3.05) is 26.9 Å². The van der Waals surface area contributed by atoms with E-state index in [0.29, 0.717) is 29.9 Å². The highest BCUT2D eigenvalue weighted by atomic mass is 35.5. The van der Waals surface area contributed by atoms with Crippen LogP contribution in [0.5, 0.6) is 0 Å². The van der Waals surface area contributed by atoms with Gasteiger partial charge in [0.1, 0.15) is 5.15 Å². The monoisotopic (exact) mass is 472 g/mol. The van der Waals surface area contributed by atoms with Crippen molar-refractivity contribution in [2.24, 2.45) is 0 Å². The minimum Gasteiger partial charge on any atom is -0.394 e. The first-order valence-electron chi connectivity index (χ1n) is 10.1. The molecule has 1 aliphatic rings. The smallest absolute Gasteiger partial charge is 0.254 e. The van der Waals surface area contributed by atoms with Gasteiger partial charge in [0.15, 0.2) is 6.29 Å². The summed E-state index contributed by atoms with van der Waals surface area (Å²) in [5.41, 5.74) is 3.43. The fourth-order valence-corrected chi connectivity index (χ4v) is 4.30. The number of halogens is 2. The number of carbonyl (C=O) groups is 1. The molecule has 1 aliphatic heterocycles. The second kappa shape index (κ2) is 9.98. The zero-order chi connectivity index (χ0) is 22.7. The number of amides is 1. The minimum atomic E-state index is -0.728. The van der Waals surface area contributed by atoms with Crippen LogP contribution in [0.4, 0.5) is 0 Å². The summed E-state index contributed by atoms with van der Waals surface area (Å²) in [4.78, 5) is 18.8. The van der Waals surface area contributed by atoms with E-state index in [1.807, 2.05) is 42.5 Å². The van der Waals surface area contributed by atoms with E-state index in [1.54, 1.807) is 19.2 Å². The van der Waals surface area contributed by atoms with Gasteiger partial charge in [0.25, 0.3) is 5.91 Å². The molecule has 3 aromatic rings. The van der Waals surface area contributed by atoms with Crippen molar-refractivity contribution in [2.45, 2.75) is 12.3 Å². The van der Waals surface area contributed by atoms with E-state index < -0.39 is 12.3 Å². The van der Waals surface area contributed by atoms with Crippen molar-refractivity contribution in [1.82, 2.24) is 9.88 Å². The molecule has 2 aromatic carbocycles. The van der Waals surface area contributed by atoms with Gasteiger partial charge in [0, 0.05) is 24.4 Å². The third-order valence-corrected chi connectivity index (χ3v) is 6.17. The molecule has 0 saturated carbocycles. The van der Waals surface area contributed by atoms with E-state index >= 15 is 0 Å². The molecule has 1 N–H and O–H groups in total. The summed E-state index contributed by atoms with van der Waals surface area (Å²) in [5.74, 6) is -0.260. The van der Waals surface area contributed by atoms with Crippen LogP contribution in [-0.2, 0) is 9.47 Å². The Bertz CT molecular complexity index is 1090. The Kier molecular flexibility index (Phi) is 7.08. The van der Waals surface area contributed by atoms with Crippen molar-refractivity contribution >= 4 is 29.1 Å². The summed E-state index contributed by atoms with van der Waals surface area (Å²) in [6.07, 6.45) is 0.736. The van der Waals surface area contributed by atoms with Gasteiger partial charge in [0.05, 0.1) is 36.4 Å². The minimum absolute atomic E-state index is 0.160. The first kappa shape index (κ1) is 22.7. The summed E-state index contributed by atoms with van der Waals surface area (Å²) in [7, 11) is 1.61. The predicted octanol–water partition coefficient (Wildman–Crippen LogP) is 4.91. The van der Waals surface area contributed by atoms with Gasteiger partial charge < -0.3 is 19.5 Å². The second-order valence-electron chi connectivity index (χ2n) is 7.36. The van der Waals surface area contributed by atoms with Gasteiger partial charge in [-0.25, -0.2) is 4.98 Å². The number of aromatic nitrogens is 1. The SMILES string of the molecule is CN(C(=O)c1ccc(-c2ccccc2)cc1)[C@H](CO)c1cnc(Cl)c(C2OCCO2)c1Cl. The molecule has 32 heavy (non-hydrogen) atoms. The highest BCUT2D eigenvalue weighted by Crippen LogP contribution is 2.39. The maximum Gasteiger partial charge on any atom is 0.254 e. The fourth-order valence-electron chi connectivity index (χ4n) is 3.67. The molecule has 1 atom stereocenters. The van der Waals surface area contributed by atoms with Crippen LogP contribution in [0.25, 0.3) is 11.1 Å². The number of aliphatic hydroxyl groups is 1. The van der Waals surface area contributed by atoms with Gasteiger partial charge in [-0.1, -0.05) is 65.7 Å². The van der Waals surface area contributed by atoms with Crippen LogP contribution in [0.3, 0.4) is 0 Å². The largest absolute Gasteiger partial charge is 0.394 e. The van der Waals surface area contributed by atoms with E-state index in [0.717, 1.165) is 11.1 Å². The Balaban J connectivity index is 1.59. The number of pyridine rings is 1. The zero-order valence-corrected chi connectivity index (χ0v) is 18.9. The first-order chi connectivity index (χ1) is 15.5. The van der Waals surface area contributed by atoms with Crippen LogP contribution < -0.4 is 0 Å². The number of benzene rings is 2. The zero-order valence-electron chi connectivity index (χ0n) is 17.4. The summed E-state index contributed by atoms with van der Waals surface area (Å²) in [6.45, 7) is 0.490.